The normalized spacial score (nSPS) is 14.0. The fraction of sp³-hybridized carbons (Fsp3) is 0.571. The Kier molecular flexibility index (Phi) is 5.63. The minimum Gasteiger partial charge on any atom is -0.199 e. The SMILES string of the molecule is C1=CCCC1.CC#N. The van der Waals surface area contributed by atoms with Crippen LogP contribution in [-0.4, -0.2) is 0 Å². The van der Waals surface area contributed by atoms with E-state index in [2.05, 4.69) is 12.2 Å². The van der Waals surface area contributed by atoms with E-state index < -0.39 is 0 Å². The van der Waals surface area contributed by atoms with Gasteiger partial charge in [0.05, 0.1) is 6.07 Å². The summed E-state index contributed by atoms with van der Waals surface area (Å²) in [5, 5.41) is 7.32. The van der Waals surface area contributed by atoms with Gasteiger partial charge in [-0.2, -0.15) is 5.26 Å². The molecule has 0 amide bonds. The molecular weight excluding hydrogens is 98.1 g/mol. The molecule has 8 heavy (non-hydrogen) atoms. The zero-order chi connectivity index (χ0) is 6.24. The molecule has 0 bridgehead atoms. The molecule has 1 rings (SSSR count). The molecule has 0 radical (unpaired) electrons. The van der Waals surface area contributed by atoms with E-state index in [1.807, 2.05) is 0 Å². The van der Waals surface area contributed by atoms with Crippen LogP contribution in [0.2, 0.25) is 0 Å². The molecule has 44 valence electrons. The molecule has 0 atom stereocenters. The Morgan fingerprint density at radius 2 is 1.75 bits per heavy atom. The molecule has 0 aromatic carbocycles. The first kappa shape index (κ1) is 7.23. The van der Waals surface area contributed by atoms with Gasteiger partial charge in [-0.15, -0.1) is 0 Å². The average molecular weight is 109 g/mol. The lowest BCUT2D eigenvalue weighted by atomic mass is 10.4. The maximum atomic E-state index is 7.32. The van der Waals surface area contributed by atoms with Crippen LogP contribution < -0.4 is 0 Å². The molecule has 1 aliphatic carbocycles. The summed E-state index contributed by atoms with van der Waals surface area (Å²) in [5.74, 6) is 0. The van der Waals surface area contributed by atoms with Gasteiger partial charge in [0.15, 0.2) is 0 Å². The van der Waals surface area contributed by atoms with Gasteiger partial charge >= 0.3 is 0 Å². The van der Waals surface area contributed by atoms with E-state index in [0.29, 0.717) is 0 Å². The third-order valence-electron chi connectivity index (χ3n) is 0.908. The van der Waals surface area contributed by atoms with Gasteiger partial charge in [-0.25, -0.2) is 0 Å². The molecule has 0 N–H and O–H groups in total. The summed E-state index contributed by atoms with van der Waals surface area (Å²) in [6.45, 7) is 1.43. The number of nitriles is 1. The standard InChI is InChI=1S/C5H8.C2H3N/c1-2-4-5-3-1;1-2-3/h1-2H,3-5H2;1H3. The molecule has 1 nitrogen and oxygen atoms in total. The predicted molar refractivity (Wildman–Crippen MR) is 34.3 cm³/mol. The first-order chi connectivity index (χ1) is 3.91. The second-order valence-electron chi connectivity index (χ2n) is 1.63. The van der Waals surface area contributed by atoms with Gasteiger partial charge in [0.2, 0.25) is 0 Å². The number of rotatable bonds is 0. The molecule has 0 saturated carbocycles. The lowest BCUT2D eigenvalue weighted by Crippen LogP contribution is -1.50. The summed E-state index contributed by atoms with van der Waals surface area (Å²) in [5.41, 5.74) is 0. The summed E-state index contributed by atoms with van der Waals surface area (Å²) in [6.07, 6.45) is 8.50. The molecule has 0 heterocycles. The van der Waals surface area contributed by atoms with Crippen molar-refractivity contribution in [2.75, 3.05) is 0 Å². The summed E-state index contributed by atoms with van der Waals surface area (Å²) in [7, 11) is 0. The summed E-state index contributed by atoms with van der Waals surface area (Å²) >= 11 is 0. The van der Waals surface area contributed by atoms with Crippen LogP contribution in [0.25, 0.3) is 0 Å². The Labute approximate surface area is 50.6 Å². The number of hydrogen-bond donors (Lipinski definition) is 0. The van der Waals surface area contributed by atoms with Crippen molar-refractivity contribution in [3.05, 3.63) is 12.2 Å². The minimum absolute atomic E-state index is 1.32. The van der Waals surface area contributed by atoms with Gasteiger partial charge in [0.1, 0.15) is 0 Å². The summed E-state index contributed by atoms with van der Waals surface area (Å²) in [4.78, 5) is 0. The molecule has 0 fully saturated rings. The van der Waals surface area contributed by atoms with Crippen LogP contribution in [0.5, 0.6) is 0 Å². The van der Waals surface area contributed by atoms with E-state index in [-0.39, 0.29) is 0 Å². The van der Waals surface area contributed by atoms with Crippen molar-refractivity contribution >= 4 is 0 Å². The monoisotopic (exact) mass is 109 g/mol. The Morgan fingerprint density at radius 1 is 1.38 bits per heavy atom. The van der Waals surface area contributed by atoms with Crippen molar-refractivity contribution in [2.24, 2.45) is 0 Å². The van der Waals surface area contributed by atoms with E-state index in [0.717, 1.165) is 0 Å². The first-order valence-corrected chi connectivity index (χ1v) is 2.87. The zero-order valence-corrected chi connectivity index (χ0v) is 5.22. The smallest absolute Gasteiger partial charge is 0.0587 e. The van der Waals surface area contributed by atoms with Gasteiger partial charge < -0.3 is 0 Å². The Morgan fingerprint density at radius 3 is 1.88 bits per heavy atom. The van der Waals surface area contributed by atoms with Crippen LogP contribution in [0.15, 0.2) is 12.2 Å². The van der Waals surface area contributed by atoms with Crippen molar-refractivity contribution < 1.29 is 0 Å². The molecule has 0 unspecified atom stereocenters. The van der Waals surface area contributed by atoms with Crippen LogP contribution in [0, 0.1) is 11.3 Å². The highest BCUT2D eigenvalue weighted by Crippen LogP contribution is 2.05. The lowest BCUT2D eigenvalue weighted by molar-refractivity contribution is 0.929. The molecule has 0 aromatic rings. The molecule has 0 aliphatic heterocycles. The highest BCUT2D eigenvalue weighted by molar-refractivity contribution is 4.88. The third kappa shape index (κ3) is 5.23. The fourth-order valence-corrected chi connectivity index (χ4v) is 0.589. The van der Waals surface area contributed by atoms with E-state index in [1.54, 1.807) is 6.07 Å². The average Bonchev–Trinajstić information content (AvgIpc) is 2.17. The Balaban J connectivity index is 0.000000145. The third-order valence-corrected chi connectivity index (χ3v) is 0.908. The topological polar surface area (TPSA) is 23.8 Å². The number of hydrogen-bond acceptors (Lipinski definition) is 1. The van der Waals surface area contributed by atoms with Crippen LogP contribution >= 0.6 is 0 Å². The van der Waals surface area contributed by atoms with Crippen LogP contribution in [0.4, 0.5) is 0 Å². The fourth-order valence-electron chi connectivity index (χ4n) is 0.589. The highest BCUT2D eigenvalue weighted by Gasteiger charge is 1.84. The van der Waals surface area contributed by atoms with E-state index >= 15 is 0 Å². The summed E-state index contributed by atoms with van der Waals surface area (Å²) in [6, 6.07) is 1.75. The van der Waals surface area contributed by atoms with Gasteiger partial charge in [0, 0.05) is 6.92 Å². The summed E-state index contributed by atoms with van der Waals surface area (Å²) < 4.78 is 0. The van der Waals surface area contributed by atoms with Gasteiger partial charge in [-0.3, -0.25) is 0 Å². The Bertz CT molecular complexity index is 91.4. The molecule has 1 aliphatic rings. The van der Waals surface area contributed by atoms with E-state index in [4.69, 9.17) is 5.26 Å². The maximum absolute atomic E-state index is 7.32. The van der Waals surface area contributed by atoms with Crippen molar-refractivity contribution in [3.63, 3.8) is 0 Å². The number of allylic oxidation sites excluding steroid dienone is 2. The van der Waals surface area contributed by atoms with Gasteiger partial charge in [-0.1, -0.05) is 12.2 Å². The van der Waals surface area contributed by atoms with Crippen molar-refractivity contribution in [1.29, 1.82) is 5.26 Å². The van der Waals surface area contributed by atoms with Crippen molar-refractivity contribution in [2.45, 2.75) is 26.2 Å². The lowest BCUT2D eigenvalue weighted by Gasteiger charge is -1.69. The molecule has 0 spiro atoms. The number of nitrogens with zero attached hydrogens (tertiary/aromatic N) is 1. The van der Waals surface area contributed by atoms with Crippen molar-refractivity contribution in [1.82, 2.24) is 0 Å². The Hall–Kier alpha value is -0.770. The molecule has 0 saturated heterocycles. The maximum Gasteiger partial charge on any atom is 0.0587 e. The second kappa shape index (κ2) is 6.23. The van der Waals surface area contributed by atoms with E-state index in [1.165, 1.54) is 26.2 Å². The minimum atomic E-state index is 1.32. The van der Waals surface area contributed by atoms with Crippen LogP contribution in [0.1, 0.15) is 26.2 Å². The molecule has 0 aromatic heterocycles. The second-order valence-corrected chi connectivity index (χ2v) is 1.63. The van der Waals surface area contributed by atoms with E-state index in [9.17, 15) is 0 Å². The largest absolute Gasteiger partial charge is 0.199 e. The van der Waals surface area contributed by atoms with Gasteiger partial charge in [0.25, 0.3) is 0 Å². The van der Waals surface area contributed by atoms with Crippen LogP contribution in [-0.2, 0) is 0 Å². The zero-order valence-electron chi connectivity index (χ0n) is 5.22. The highest BCUT2D eigenvalue weighted by atomic mass is 14.2. The van der Waals surface area contributed by atoms with Gasteiger partial charge in [-0.05, 0) is 19.3 Å². The quantitative estimate of drug-likeness (QED) is 0.438. The van der Waals surface area contributed by atoms with Crippen LogP contribution in [0.3, 0.4) is 0 Å². The molecule has 1 heteroatoms. The predicted octanol–water partition coefficient (Wildman–Crippen LogP) is 2.26. The molecular formula is C7H11N. The van der Waals surface area contributed by atoms with Crippen molar-refractivity contribution in [3.8, 4) is 6.07 Å². The first-order valence-electron chi connectivity index (χ1n) is 2.87.